The summed E-state index contributed by atoms with van der Waals surface area (Å²) in [5.41, 5.74) is 0. The molecule has 1 saturated carbocycles. The van der Waals surface area contributed by atoms with Crippen LogP contribution in [0.15, 0.2) is 0 Å². The predicted molar refractivity (Wildman–Crippen MR) is 93.5 cm³/mol. The molecule has 1 aliphatic heterocycles. The van der Waals surface area contributed by atoms with Crippen molar-refractivity contribution in [2.24, 2.45) is 11.8 Å². The fourth-order valence-corrected chi connectivity index (χ4v) is 4.08. The van der Waals surface area contributed by atoms with Crippen LogP contribution in [-0.4, -0.2) is 75.2 Å². The van der Waals surface area contributed by atoms with Crippen molar-refractivity contribution in [3.63, 3.8) is 0 Å². The SMILES string of the molecule is CCC1CCCCC1CN1CCN(CC(=O)NCCOC)CC1. The lowest BCUT2D eigenvalue weighted by atomic mass is 9.77. The second kappa shape index (κ2) is 10.3. The second-order valence-corrected chi connectivity index (χ2v) is 7.13. The van der Waals surface area contributed by atoms with Gasteiger partial charge in [-0.1, -0.05) is 32.6 Å². The molecule has 1 N–H and O–H groups in total. The summed E-state index contributed by atoms with van der Waals surface area (Å²) in [6, 6.07) is 0. The van der Waals surface area contributed by atoms with Crippen molar-refractivity contribution in [1.82, 2.24) is 15.1 Å². The molecule has 1 amide bonds. The minimum absolute atomic E-state index is 0.119. The molecule has 2 atom stereocenters. The first-order chi connectivity index (χ1) is 11.2. The third-order valence-corrected chi connectivity index (χ3v) is 5.54. The quantitative estimate of drug-likeness (QED) is 0.688. The molecule has 1 saturated heterocycles. The maximum atomic E-state index is 11.8. The molecule has 0 aromatic carbocycles. The number of hydrogen-bond acceptors (Lipinski definition) is 4. The summed E-state index contributed by atoms with van der Waals surface area (Å²) in [5, 5.41) is 2.90. The van der Waals surface area contributed by atoms with E-state index in [-0.39, 0.29) is 5.91 Å². The highest BCUT2D eigenvalue weighted by molar-refractivity contribution is 5.77. The Balaban J connectivity index is 1.64. The average molecular weight is 325 g/mol. The van der Waals surface area contributed by atoms with Crippen LogP contribution >= 0.6 is 0 Å². The second-order valence-electron chi connectivity index (χ2n) is 7.13. The first-order valence-electron chi connectivity index (χ1n) is 9.43. The van der Waals surface area contributed by atoms with Crippen molar-refractivity contribution in [2.75, 3.05) is 59.5 Å². The monoisotopic (exact) mass is 325 g/mol. The first kappa shape index (κ1) is 18.7. The number of amides is 1. The minimum Gasteiger partial charge on any atom is -0.383 e. The van der Waals surface area contributed by atoms with Crippen LogP contribution in [0.4, 0.5) is 0 Å². The molecule has 2 aliphatic rings. The van der Waals surface area contributed by atoms with Gasteiger partial charge in [-0.2, -0.15) is 0 Å². The van der Waals surface area contributed by atoms with E-state index in [9.17, 15) is 4.79 Å². The zero-order valence-electron chi connectivity index (χ0n) is 15.1. The highest BCUT2D eigenvalue weighted by atomic mass is 16.5. The zero-order valence-corrected chi connectivity index (χ0v) is 15.1. The van der Waals surface area contributed by atoms with Crippen LogP contribution in [0, 0.1) is 11.8 Å². The van der Waals surface area contributed by atoms with Gasteiger partial charge in [-0.15, -0.1) is 0 Å². The normalized spacial score (nSPS) is 27.0. The maximum Gasteiger partial charge on any atom is 0.234 e. The summed E-state index contributed by atoms with van der Waals surface area (Å²) in [7, 11) is 1.65. The highest BCUT2D eigenvalue weighted by Crippen LogP contribution is 2.32. The van der Waals surface area contributed by atoms with Crippen molar-refractivity contribution < 1.29 is 9.53 Å². The molecule has 5 heteroatoms. The predicted octanol–water partition coefficient (Wildman–Crippen LogP) is 1.58. The van der Waals surface area contributed by atoms with Gasteiger partial charge in [-0.05, 0) is 18.3 Å². The van der Waals surface area contributed by atoms with Crippen molar-refractivity contribution >= 4 is 5.91 Å². The van der Waals surface area contributed by atoms with E-state index in [4.69, 9.17) is 4.74 Å². The number of carbonyl (C=O) groups is 1. The Hall–Kier alpha value is -0.650. The number of carbonyl (C=O) groups excluding carboxylic acids is 1. The van der Waals surface area contributed by atoms with Crippen LogP contribution in [0.5, 0.6) is 0 Å². The summed E-state index contributed by atoms with van der Waals surface area (Å²) in [6.45, 7) is 9.59. The largest absolute Gasteiger partial charge is 0.383 e. The molecular weight excluding hydrogens is 290 g/mol. The first-order valence-corrected chi connectivity index (χ1v) is 9.43. The van der Waals surface area contributed by atoms with Crippen molar-refractivity contribution in [3.8, 4) is 0 Å². The molecular formula is C18H35N3O2. The van der Waals surface area contributed by atoms with Gasteiger partial charge in [-0.3, -0.25) is 9.69 Å². The Morgan fingerprint density at radius 1 is 1.09 bits per heavy atom. The van der Waals surface area contributed by atoms with E-state index < -0.39 is 0 Å². The third-order valence-electron chi connectivity index (χ3n) is 5.54. The Labute approximate surface area is 141 Å². The molecule has 0 spiro atoms. The average Bonchev–Trinajstić information content (AvgIpc) is 2.57. The number of nitrogens with one attached hydrogen (secondary N) is 1. The van der Waals surface area contributed by atoms with E-state index >= 15 is 0 Å². The van der Waals surface area contributed by atoms with Gasteiger partial charge in [0.25, 0.3) is 0 Å². The number of ether oxygens (including phenoxy) is 1. The summed E-state index contributed by atoms with van der Waals surface area (Å²) in [4.78, 5) is 16.7. The van der Waals surface area contributed by atoms with Gasteiger partial charge in [0.2, 0.25) is 5.91 Å². The minimum atomic E-state index is 0.119. The van der Waals surface area contributed by atoms with E-state index in [0.717, 1.165) is 38.0 Å². The van der Waals surface area contributed by atoms with Crippen molar-refractivity contribution in [2.45, 2.75) is 39.0 Å². The Morgan fingerprint density at radius 3 is 2.39 bits per heavy atom. The van der Waals surface area contributed by atoms with Crippen molar-refractivity contribution in [3.05, 3.63) is 0 Å². The number of nitrogens with zero attached hydrogens (tertiary/aromatic N) is 2. The molecule has 1 heterocycles. The van der Waals surface area contributed by atoms with E-state index in [2.05, 4.69) is 22.0 Å². The van der Waals surface area contributed by atoms with E-state index in [1.807, 2.05) is 0 Å². The Kier molecular flexibility index (Phi) is 8.34. The Morgan fingerprint density at radius 2 is 1.74 bits per heavy atom. The summed E-state index contributed by atoms with van der Waals surface area (Å²) in [6.07, 6.45) is 7.04. The molecule has 0 bridgehead atoms. The molecule has 1 aliphatic carbocycles. The van der Waals surface area contributed by atoms with Crippen LogP contribution in [-0.2, 0) is 9.53 Å². The summed E-state index contributed by atoms with van der Waals surface area (Å²) in [5.74, 6) is 1.96. The molecule has 5 nitrogen and oxygen atoms in total. The number of methoxy groups -OCH3 is 1. The van der Waals surface area contributed by atoms with Crippen LogP contribution in [0.3, 0.4) is 0 Å². The van der Waals surface area contributed by atoms with E-state index in [1.165, 1.54) is 38.6 Å². The van der Waals surface area contributed by atoms with Crippen molar-refractivity contribution in [1.29, 1.82) is 0 Å². The maximum absolute atomic E-state index is 11.8. The van der Waals surface area contributed by atoms with Crippen LogP contribution < -0.4 is 5.32 Å². The number of rotatable bonds is 8. The lowest BCUT2D eigenvalue weighted by Gasteiger charge is -2.39. The molecule has 23 heavy (non-hydrogen) atoms. The van der Waals surface area contributed by atoms with Gasteiger partial charge in [0.15, 0.2) is 0 Å². The molecule has 134 valence electrons. The van der Waals surface area contributed by atoms with Crippen LogP contribution in [0.2, 0.25) is 0 Å². The van der Waals surface area contributed by atoms with Gasteiger partial charge in [0.1, 0.15) is 0 Å². The molecule has 0 radical (unpaired) electrons. The smallest absolute Gasteiger partial charge is 0.234 e. The molecule has 2 unspecified atom stereocenters. The third kappa shape index (κ3) is 6.40. The van der Waals surface area contributed by atoms with Crippen LogP contribution in [0.1, 0.15) is 39.0 Å². The van der Waals surface area contributed by atoms with Gasteiger partial charge < -0.3 is 15.0 Å². The van der Waals surface area contributed by atoms with Crippen LogP contribution in [0.25, 0.3) is 0 Å². The van der Waals surface area contributed by atoms with Gasteiger partial charge in [0.05, 0.1) is 13.2 Å². The number of piperazine rings is 1. The van der Waals surface area contributed by atoms with Gasteiger partial charge in [0, 0.05) is 46.4 Å². The lowest BCUT2D eigenvalue weighted by molar-refractivity contribution is -0.122. The fourth-order valence-electron chi connectivity index (χ4n) is 4.08. The molecule has 0 aromatic rings. The van der Waals surface area contributed by atoms with Gasteiger partial charge in [-0.25, -0.2) is 0 Å². The van der Waals surface area contributed by atoms with Gasteiger partial charge >= 0.3 is 0 Å². The molecule has 2 rings (SSSR count). The summed E-state index contributed by atoms with van der Waals surface area (Å²) < 4.78 is 4.95. The molecule has 2 fully saturated rings. The standard InChI is InChI=1S/C18H35N3O2/c1-3-16-6-4-5-7-17(16)14-20-9-11-21(12-10-20)15-18(22)19-8-13-23-2/h16-17H,3-15H2,1-2H3,(H,19,22). The van der Waals surface area contributed by atoms with E-state index in [0.29, 0.717) is 19.7 Å². The number of hydrogen-bond donors (Lipinski definition) is 1. The Bertz CT molecular complexity index is 343. The highest BCUT2D eigenvalue weighted by Gasteiger charge is 2.27. The summed E-state index contributed by atoms with van der Waals surface area (Å²) >= 11 is 0. The fraction of sp³-hybridized carbons (Fsp3) is 0.944. The van der Waals surface area contributed by atoms with E-state index in [1.54, 1.807) is 7.11 Å². The molecule has 0 aromatic heterocycles. The topological polar surface area (TPSA) is 44.8 Å². The lowest BCUT2D eigenvalue weighted by Crippen LogP contribution is -2.51. The zero-order chi connectivity index (χ0) is 16.5.